The van der Waals surface area contributed by atoms with Crippen LogP contribution in [0.1, 0.15) is 25.8 Å². The van der Waals surface area contributed by atoms with E-state index in [1.54, 1.807) is 18.0 Å². The van der Waals surface area contributed by atoms with Crippen LogP contribution < -0.4 is 10.2 Å². The molecule has 0 spiro atoms. The monoisotopic (exact) mass is 262 g/mol. The Morgan fingerprint density at radius 3 is 2.68 bits per heavy atom. The van der Waals surface area contributed by atoms with Gasteiger partial charge in [-0.15, -0.1) is 0 Å². The topological polar surface area (TPSA) is 69.6 Å². The fourth-order valence-electron chi connectivity index (χ4n) is 2.02. The second kappa shape index (κ2) is 4.66. The molecule has 0 unspecified atom stereocenters. The molecular weight excluding hydrogens is 244 g/mol. The van der Waals surface area contributed by atoms with Gasteiger partial charge in [-0.1, -0.05) is 0 Å². The molecule has 2 rings (SSSR count). The fourth-order valence-corrected chi connectivity index (χ4v) is 2.02. The molecule has 5 heteroatoms. The number of benzene rings is 1. The van der Waals surface area contributed by atoms with Crippen molar-refractivity contribution in [2.24, 2.45) is 0 Å². The van der Waals surface area contributed by atoms with E-state index in [-0.39, 0.29) is 5.91 Å². The van der Waals surface area contributed by atoms with E-state index in [0.29, 0.717) is 18.5 Å². The van der Waals surface area contributed by atoms with Gasteiger partial charge in [0.25, 0.3) is 5.91 Å². The molecule has 0 fully saturated rings. The molecule has 19 heavy (non-hydrogen) atoms. The maximum Gasteiger partial charge on any atom is 0.255 e. The molecular formula is C14H18N2O3. The van der Waals surface area contributed by atoms with Crippen LogP contribution in [-0.4, -0.2) is 29.6 Å². The van der Waals surface area contributed by atoms with Crippen molar-refractivity contribution >= 4 is 23.2 Å². The molecule has 102 valence electrons. The smallest absolute Gasteiger partial charge is 0.255 e. The molecule has 0 aliphatic carbocycles. The van der Waals surface area contributed by atoms with Gasteiger partial charge < -0.3 is 15.3 Å². The normalized spacial score (nSPS) is 15.2. The Morgan fingerprint density at radius 1 is 1.37 bits per heavy atom. The van der Waals surface area contributed by atoms with Gasteiger partial charge in [-0.2, -0.15) is 0 Å². The van der Waals surface area contributed by atoms with Gasteiger partial charge in [0.2, 0.25) is 5.91 Å². The zero-order chi connectivity index (χ0) is 14.2. The number of hydrogen-bond acceptors (Lipinski definition) is 3. The van der Waals surface area contributed by atoms with E-state index in [2.05, 4.69) is 5.32 Å². The number of fused-ring (bicyclic) bond motifs is 1. The number of amides is 2. The van der Waals surface area contributed by atoms with Gasteiger partial charge in [0, 0.05) is 24.8 Å². The van der Waals surface area contributed by atoms with E-state index in [1.165, 1.54) is 13.8 Å². The number of carbonyl (C=O) groups is 2. The first kappa shape index (κ1) is 13.5. The lowest BCUT2D eigenvalue weighted by atomic mass is 10.0. The molecule has 0 atom stereocenters. The van der Waals surface area contributed by atoms with Crippen LogP contribution in [0.25, 0.3) is 0 Å². The van der Waals surface area contributed by atoms with Crippen molar-refractivity contribution in [2.75, 3.05) is 17.3 Å². The van der Waals surface area contributed by atoms with Gasteiger partial charge in [0.1, 0.15) is 5.60 Å². The maximum absolute atomic E-state index is 11.7. The summed E-state index contributed by atoms with van der Waals surface area (Å²) in [5.41, 5.74) is 1.12. The maximum atomic E-state index is 11.7. The number of nitrogens with one attached hydrogen (secondary N) is 1. The Balaban J connectivity index is 2.23. The Labute approximate surface area is 112 Å². The lowest BCUT2D eigenvalue weighted by molar-refractivity contribution is -0.130. The summed E-state index contributed by atoms with van der Waals surface area (Å²) in [5, 5.41) is 12.3. The Hall–Kier alpha value is -1.88. The average molecular weight is 262 g/mol. The minimum absolute atomic E-state index is 0.0979. The lowest BCUT2D eigenvalue weighted by Crippen LogP contribution is -2.36. The molecule has 1 aliphatic rings. The van der Waals surface area contributed by atoms with Crippen LogP contribution in [0.4, 0.5) is 11.4 Å². The lowest BCUT2D eigenvalue weighted by Gasteiger charge is -2.26. The van der Waals surface area contributed by atoms with E-state index in [4.69, 9.17) is 0 Å². The minimum Gasteiger partial charge on any atom is -0.381 e. The van der Waals surface area contributed by atoms with Gasteiger partial charge in [0.15, 0.2) is 0 Å². The van der Waals surface area contributed by atoms with E-state index >= 15 is 0 Å². The number of aryl methyl sites for hydroxylation is 1. The van der Waals surface area contributed by atoms with Crippen molar-refractivity contribution < 1.29 is 14.7 Å². The van der Waals surface area contributed by atoms with Gasteiger partial charge in [-0.3, -0.25) is 9.59 Å². The first-order valence-corrected chi connectivity index (χ1v) is 6.22. The Bertz CT molecular complexity index is 532. The van der Waals surface area contributed by atoms with Crippen LogP contribution in [0.3, 0.4) is 0 Å². The highest BCUT2D eigenvalue weighted by Crippen LogP contribution is 2.29. The van der Waals surface area contributed by atoms with Crippen molar-refractivity contribution in [2.45, 2.75) is 32.3 Å². The standard InChI is InChI=1S/C14H18N2O3/c1-14(2,19)13(18)15-10-5-6-11-9(8-10)4-7-12(17)16(11)3/h5-6,8,19H,4,7H2,1-3H3,(H,15,18). The zero-order valence-corrected chi connectivity index (χ0v) is 11.4. The predicted molar refractivity (Wildman–Crippen MR) is 73.1 cm³/mol. The van der Waals surface area contributed by atoms with Crippen LogP contribution in [0.5, 0.6) is 0 Å². The molecule has 1 aliphatic heterocycles. The molecule has 5 nitrogen and oxygen atoms in total. The summed E-state index contributed by atoms with van der Waals surface area (Å²) in [6, 6.07) is 5.39. The molecule has 0 saturated carbocycles. The number of rotatable bonds is 2. The second-order valence-corrected chi connectivity index (χ2v) is 5.31. The molecule has 2 N–H and O–H groups in total. The first-order valence-electron chi connectivity index (χ1n) is 6.22. The summed E-state index contributed by atoms with van der Waals surface area (Å²) in [6.07, 6.45) is 1.15. The van der Waals surface area contributed by atoms with E-state index < -0.39 is 11.5 Å². The van der Waals surface area contributed by atoms with Gasteiger partial charge in [-0.05, 0) is 44.0 Å². The fraction of sp³-hybridized carbons (Fsp3) is 0.429. The highest BCUT2D eigenvalue weighted by molar-refractivity contribution is 5.98. The largest absolute Gasteiger partial charge is 0.381 e. The van der Waals surface area contributed by atoms with Crippen LogP contribution in [0, 0.1) is 0 Å². The van der Waals surface area contributed by atoms with Gasteiger partial charge >= 0.3 is 0 Å². The second-order valence-electron chi connectivity index (χ2n) is 5.31. The predicted octanol–water partition coefficient (Wildman–Crippen LogP) is 1.30. The zero-order valence-electron chi connectivity index (χ0n) is 11.4. The highest BCUT2D eigenvalue weighted by Gasteiger charge is 2.25. The first-order chi connectivity index (χ1) is 8.79. The summed E-state index contributed by atoms with van der Waals surface area (Å²) in [4.78, 5) is 24.9. The summed E-state index contributed by atoms with van der Waals surface area (Å²) in [6.45, 7) is 2.88. The third kappa shape index (κ3) is 2.76. The highest BCUT2D eigenvalue weighted by atomic mass is 16.3. The Kier molecular flexibility index (Phi) is 3.32. The van der Waals surface area contributed by atoms with Crippen LogP contribution in [-0.2, 0) is 16.0 Å². The third-order valence-electron chi connectivity index (χ3n) is 3.24. The molecule has 0 aromatic heterocycles. The minimum atomic E-state index is -1.41. The Morgan fingerprint density at radius 2 is 2.05 bits per heavy atom. The summed E-state index contributed by atoms with van der Waals surface area (Å²) >= 11 is 0. The molecule has 1 heterocycles. The van der Waals surface area contributed by atoms with Crippen molar-refractivity contribution in [3.05, 3.63) is 23.8 Å². The summed E-state index contributed by atoms with van der Waals surface area (Å²) < 4.78 is 0. The van der Waals surface area contributed by atoms with E-state index in [0.717, 1.165) is 11.3 Å². The molecule has 1 aromatic carbocycles. The van der Waals surface area contributed by atoms with Crippen LogP contribution in [0.15, 0.2) is 18.2 Å². The number of hydrogen-bond donors (Lipinski definition) is 2. The third-order valence-corrected chi connectivity index (χ3v) is 3.24. The van der Waals surface area contributed by atoms with Crippen LogP contribution >= 0.6 is 0 Å². The van der Waals surface area contributed by atoms with Crippen LogP contribution in [0.2, 0.25) is 0 Å². The molecule has 2 amide bonds. The SMILES string of the molecule is CN1C(=O)CCc2cc(NC(=O)C(C)(C)O)ccc21. The molecule has 0 radical (unpaired) electrons. The number of carbonyl (C=O) groups excluding carboxylic acids is 2. The van der Waals surface area contributed by atoms with E-state index in [1.807, 2.05) is 12.1 Å². The molecule has 0 saturated heterocycles. The van der Waals surface area contributed by atoms with Crippen molar-refractivity contribution in [1.29, 1.82) is 0 Å². The molecule has 0 bridgehead atoms. The van der Waals surface area contributed by atoms with Crippen molar-refractivity contribution in [3.63, 3.8) is 0 Å². The van der Waals surface area contributed by atoms with Crippen molar-refractivity contribution in [3.8, 4) is 0 Å². The number of aliphatic hydroxyl groups is 1. The average Bonchev–Trinajstić information content (AvgIpc) is 2.33. The van der Waals surface area contributed by atoms with Crippen molar-refractivity contribution in [1.82, 2.24) is 0 Å². The number of anilines is 2. The van der Waals surface area contributed by atoms with E-state index in [9.17, 15) is 14.7 Å². The van der Waals surface area contributed by atoms with Gasteiger partial charge in [0.05, 0.1) is 0 Å². The van der Waals surface area contributed by atoms with Gasteiger partial charge in [-0.25, -0.2) is 0 Å². The summed E-state index contributed by atoms with van der Waals surface area (Å²) in [5.74, 6) is -0.353. The quantitative estimate of drug-likeness (QED) is 0.844. The summed E-state index contributed by atoms with van der Waals surface area (Å²) in [7, 11) is 1.75. The molecule has 1 aromatic rings. The number of nitrogens with zero attached hydrogens (tertiary/aromatic N) is 1.